The first-order valence-electron chi connectivity index (χ1n) is 8.58. The largest absolute Gasteiger partial charge is 0.352 e. The van der Waals surface area contributed by atoms with E-state index in [1.807, 2.05) is 48.9 Å². The summed E-state index contributed by atoms with van der Waals surface area (Å²) in [5.74, 6) is 0.0710. The summed E-state index contributed by atoms with van der Waals surface area (Å²) in [6, 6.07) is 10.2. The van der Waals surface area contributed by atoms with Crippen LogP contribution in [0.2, 0.25) is 0 Å². The van der Waals surface area contributed by atoms with Crippen LogP contribution < -0.4 is 5.32 Å². The first kappa shape index (κ1) is 16.6. The Balaban J connectivity index is 1.84. The summed E-state index contributed by atoms with van der Waals surface area (Å²) < 4.78 is 1.85. The maximum absolute atomic E-state index is 12.9. The molecule has 0 saturated carbocycles. The van der Waals surface area contributed by atoms with Crippen molar-refractivity contribution in [3.63, 3.8) is 0 Å². The third-order valence-corrected chi connectivity index (χ3v) is 4.41. The highest BCUT2D eigenvalue weighted by Gasteiger charge is 2.36. The summed E-state index contributed by atoms with van der Waals surface area (Å²) in [6.45, 7) is 5.68. The second kappa shape index (κ2) is 7.57. The molecule has 2 heterocycles. The second-order valence-corrected chi connectivity index (χ2v) is 6.63. The molecular formula is C18H25N5O. The fourth-order valence-corrected chi connectivity index (χ4v) is 3.43. The molecule has 1 fully saturated rings. The molecule has 0 spiro atoms. The number of hydrogen-bond donors (Lipinski definition) is 1. The minimum atomic E-state index is -0.260. The van der Waals surface area contributed by atoms with Gasteiger partial charge in [-0.25, -0.2) is 4.98 Å². The number of benzene rings is 1. The lowest BCUT2D eigenvalue weighted by molar-refractivity contribution is -0.127. The number of hydrogen-bond acceptors (Lipinski definition) is 4. The second-order valence-electron chi connectivity index (χ2n) is 6.63. The fourth-order valence-electron chi connectivity index (χ4n) is 3.43. The average molecular weight is 327 g/mol. The van der Waals surface area contributed by atoms with E-state index in [1.165, 1.54) is 0 Å². The smallest absolute Gasteiger partial charge is 0.242 e. The van der Waals surface area contributed by atoms with Gasteiger partial charge in [0.1, 0.15) is 18.7 Å². The molecule has 1 aromatic carbocycles. The number of carbonyl (C=O) groups is 1. The Labute approximate surface area is 142 Å². The fraction of sp³-hybridized carbons (Fsp3) is 0.500. The monoisotopic (exact) mass is 327 g/mol. The predicted octanol–water partition coefficient (Wildman–Crippen LogP) is 2.01. The zero-order valence-corrected chi connectivity index (χ0v) is 14.3. The minimum absolute atomic E-state index is 0.0710. The molecule has 6 heteroatoms. The van der Waals surface area contributed by atoms with Gasteiger partial charge in [-0.3, -0.25) is 14.4 Å². The van der Waals surface area contributed by atoms with Gasteiger partial charge in [0.15, 0.2) is 0 Å². The Kier molecular flexibility index (Phi) is 5.25. The lowest BCUT2D eigenvalue weighted by Crippen LogP contribution is -2.45. The zero-order valence-electron chi connectivity index (χ0n) is 14.3. The molecule has 1 aliphatic heterocycles. The summed E-state index contributed by atoms with van der Waals surface area (Å²) in [7, 11) is 0. The SMILES string of the molecule is CC(C)NC(=O)[C@@H](c1ccccc1)N1CCC[C@H]1Cn1cncn1. The van der Waals surface area contributed by atoms with E-state index in [0.29, 0.717) is 0 Å². The summed E-state index contributed by atoms with van der Waals surface area (Å²) >= 11 is 0. The Hall–Kier alpha value is -2.21. The van der Waals surface area contributed by atoms with Gasteiger partial charge >= 0.3 is 0 Å². The molecule has 3 rings (SSSR count). The highest BCUT2D eigenvalue weighted by atomic mass is 16.2. The molecule has 1 amide bonds. The first-order chi connectivity index (χ1) is 11.6. The van der Waals surface area contributed by atoms with Crippen molar-refractivity contribution in [3.8, 4) is 0 Å². The van der Waals surface area contributed by atoms with Crippen molar-refractivity contribution < 1.29 is 4.79 Å². The number of nitrogens with zero attached hydrogens (tertiary/aromatic N) is 4. The molecule has 1 N–H and O–H groups in total. The number of aromatic nitrogens is 3. The molecule has 1 aliphatic rings. The van der Waals surface area contributed by atoms with Crippen molar-refractivity contribution >= 4 is 5.91 Å². The summed E-state index contributed by atoms with van der Waals surface area (Å²) in [6.07, 6.45) is 5.46. The Morgan fingerprint density at radius 2 is 2.12 bits per heavy atom. The number of carbonyl (C=O) groups excluding carboxylic acids is 1. The van der Waals surface area contributed by atoms with Crippen LogP contribution in [-0.2, 0) is 11.3 Å². The predicted molar refractivity (Wildman–Crippen MR) is 92.2 cm³/mol. The number of rotatable bonds is 6. The lowest BCUT2D eigenvalue weighted by Gasteiger charge is -2.33. The topological polar surface area (TPSA) is 63.1 Å². The Bertz CT molecular complexity index is 641. The van der Waals surface area contributed by atoms with Gasteiger partial charge in [-0.2, -0.15) is 5.10 Å². The van der Waals surface area contributed by atoms with Crippen molar-refractivity contribution in [3.05, 3.63) is 48.5 Å². The van der Waals surface area contributed by atoms with E-state index < -0.39 is 0 Å². The van der Waals surface area contributed by atoms with Crippen molar-refractivity contribution in [2.45, 2.75) is 51.4 Å². The van der Waals surface area contributed by atoms with Crippen LogP contribution in [0.15, 0.2) is 43.0 Å². The van der Waals surface area contributed by atoms with Crippen LogP contribution in [0.5, 0.6) is 0 Å². The molecule has 0 bridgehead atoms. The van der Waals surface area contributed by atoms with Crippen LogP contribution in [0.25, 0.3) is 0 Å². The van der Waals surface area contributed by atoms with E-state index in [0.717, 1.165) is 31.5 Å². The molecule has 6 nitrogen and oxygen atoms in total. The van der Waals surface area contributed by atoms with E-state index in [2.05, 4.69) is 20.3 Å². The average Bonchev–Trinajstić information content (AvgIpc) is 3.21. The van der Waals surface area contributed by atoms with Crippen molar-refractivity contribution in [1.29, 1.82) is 0 Å². The highest BCUT2D eigenvalue weighted by molar-refractivity contribution is 5.83. The van der Waals surface area contributed by atoms with Gasteiger partial charge in [0.2, 0.25) is 5.91 Å². The van der Waals surface area contributed by atoms with Crippen LogP contribution in [-0.4, -0.2) is 44.2 Å². The Morgan fingerprint density at radius 3 is 2.79 bits per heavy atom. The van der Waals surface area contributed by atoms with Gasteiger partial charge in [-0.05, 0) is 38.8 Å². The minimum Gasteiger partial charge on any atom is -0.352 e. The molecule has 1 saturated heterocycles. The first-order valence-corrected chi connectivity index (χ1v) is 8.58. The van der Waals surface area contributed by atoms with Crippen LogP contribution in [0.4, 0.5) is 0 Å². The van der Waals surface area contributed by atoms with Crippen LogP contribution in [0.1, 0.15) is 38.3 Å². The number of likely N-dealkylation sites (tertiary alicyclic amines) is 1. The number of amides is 1. The van der Waals surface area contributed by atoms with Crippen LogP contribution in [0, 0.1) is 0 Å². The molecule has 0 aliphatic carbocycles. The molecular weight excluding hydrogens is 302 g/mol. The third-order valence-electron chi connectivity index (χ3n) is 4.41. The van der Waals surface area contributed by atoms with Gasteiger partial charge in [-0.15, -0.1) is 0 Å². The van der Waals surface area contributed by atoms with Crippen molar-refractivity contribution in [2.24, 2.45) is 0 Å². The normalized spacial score (nSPS) is 19.5. The Morgan fingerprint density at radius 1 is 1.33 bits per heavy atom. The standard InChI is InChI=1S/C18H25N5O/c1-14(2)21-18(24)17(15-7-4-3-5-8-15)23-10-6-9-16(23)11-22-13-19-12-20-22/h3-5,7-8,12-14,16-17H,6,9-11H2,1-2H3,(H,21,24)/t16-,17+/m0/s1. The molecule has 1 aromatic heterocycles. The van der Waals surface area contributed by atoms with E-state index in [-0.39, 0.29) is 24.0 Å². The van der Waals surface area contributed by atoms with Gasteiger partial charge in [0.25, 0.3) is 0 Å². The molecule has 128 valence electrons. The maximum atomic E-state index is 12.9. The maximum Gasteiger partial charge on any atom is 0.242 e. The molecule has 0 radical (unpaired) electrons. The van der Waals surface area contributed by atoms with Crippen LogP contribution >= 0.6 is 0 Å². The quantitative estimate of drug-likeness (QED) is 0.881. The molecule has 0 unspecified atom stereocenters. The van der Waals surface area contributed by atoms with E-state index >= 15 is 0 Å². The zero-order chi connectivity index (χ0) is 16.9. The van der Waals surface area contributed by atoms with Gasteiger partial charge in [-0.1, -0.05) is 30.3 Å². The summed E-state index contributed by atoms with van der Waals surface area (Å²) in [5.41, 5.74) is 1.04. The molecule has 24 heavy (non-hydrogen) atoms. The van der Waals surface area contributed by atoms with E-state index in [9.17, 15) is 4.79 Å². The highest BCUT2D eigenvalue weighted by Crippen LogP contribution is 2.30. The van der Waals surface area contributed by atoms with Crippen molar-refractivity contribution in [1.82, 2.24) is 25.0 Å². The van der Waals surface area contributed by atoms with E-state index in [1.54, 1.807) is 12.7 Å². The van der Waals surface area contributed by atoms with Gasteiger partial charge in [0, 0.05) is 12.1 Å². The number of nitrogens with one attached hydrogen (secondary N) is 1. The van der Waals surface area contributed by atoms with Crippen molar-refractivity contribution in [2.75, 3.05) is 6.54 Å². The summed E-state index contributed by atoms with van der Waals surface area (Å²) in [4.78, 5) is 19.2. The molecule has 2 aromatic rings. The van der Waals surface area contributed by atoms with Gasteiger partial charge in [0.05, 0.1) is 6.54 Å². The lowest BCUT2D eigenvalue weighted by atomic mass is 10.0. The third kappa shape index (κ3) is 3.82. The molecule has 2 atom stereocenters. The summed E-state index contributed by atoms with van der Waals surface area (Å²) in [5, 5.41) is 7.30. The van der Waals surface area contributed by atoms with Crippen LogP contribution in [0.3, 0.4) is 0 Å². The van der Waals surface area contributed by atoms with Gasteiger partial charge < -0.3 is 5.32 Å². The van der Waals surface area contributed by atoms with E-state index in [4.69, 9.17) is 0 Å².